The Hall–Kier alpha value is -2.37. The van der Waals surface area contributed by atoms with Gasteiger partial charge in [0.25, 0.3) is 5.91 Å². The lowest BCUT2D eigenvalue weighted by Gasteiger charge is -2.35. The molecule has 29 heavy (non-hydrogen) atoms. The van der Waals surface area contributed by atoms with E-state index in [0.29, 0.717) is 35.4 Å². The minimum Gasteiger partial charge on any atom is -0.347 e. The van der Waals surface area contributed by atoms with Gasteiger partial charge in [0, 0.05) is 19.5 Å². The summed E-state index contributed by atoms with van der Waals surface area (Å²) in [5.41, 5.74) is 0.998. The van der Waals surface area contributed by atoms with Gasteiger partial charge in [-0.05, 0) is 49.1 Å². The Kier molecular flexibility index (Phi) is 7.29. The summed E-state index contributed by atoms with van der Waals surface area (Å²) < 4.78 is 0. The van der Waals surface area contributed by atoms with E-state index >= 15 is 0 Å². The second kappa shape index (κ2) is 9.90. The standard InChI is InChI=1S/C23H33N3O3/c1-16-11-17(2)15-26(14-16)23(29)19-9-5-6-10-20(19)25-22(28)13-24-21(27)12-18-7-3-4-8-18/h5-6,9-10,16-18H,3-4,7-8,11-15H2,1-2H3,(H,24,27)(H,25,28). The Morgan fingerprint density at radius 2 is 1.66 bits per heavy atom. The monoisotopic (exact) mass is 399 g/mol. The number of carbonyl (C=O) groups excluding carboxylic acids is 3. The molecule has 1 saturated heterocycles. The highest BCUT2D eigenvalue weighted by atomic mass is 16.2. The Labute approximate surface area is 173 Å². The van der Waals surface area contributed by atoms with Crippen LogP contribution in [0.4, 0.5) is 5.69 Å². The van der Waals surface area contributed by atoms with Crippen molar-refractivity contribution in [1.82, 2.24) is 10.2 Å². The van der Waals surface area contributed by atoms with E-state index in [1.54, 1.807) is 18.2 Å². The van der Waals surface area contributed by atoms with E-state index in [9.17, 15) is 14.4 Å². The van der Waals surface area contributed by atoms with E-state index in [-0.39, 0.29) is 24.3 Å². The lowest BCUT2D eigenvalue weighted by molar-refractivity contribution is -0.124. The number of hydrogen-bond donors (Lipinski definition) is 2. The maximum Gasteiger partial charge on any atom is 0.255 e. The topological polar surface area (TPSA) is 78.5 Å². The lowest BCUT2D eigenvalue weighted by atomic mass is 9.91. The number of anilines is 1. The summed E-state index contributed by atoms with van der Waals surface area (Å²) in [5.74, 6) is 0.951. The summed E-state index contributed by atoms with van der Waals surface area (Å²) in [7, 11) is 0. The van der Waals surface area contributed by atoms with E-state index < -0.39 is 0 Å². The molecule has 2 atom stereocenters. The van der Waals surface area contributed by atoms with Gasteiger partial charge < -0.3 is 15.5 Å². The molecule has 0 spiro atoms. The molecule has 0 radical (unpaired) electrons. The van der Waals surface area contributed by atoms with Crippen LogP contribution in [-0.2, 0) is 9.59 Å². The molecule has 158 valence electrons. The average molecular weight is 400 g/mol. The van der Waals surface area contributed by atoms with Crippen LogP contribution < -0.4 is 10.6 Å². The highest BCUT2D eigenvalue weighted by molar-refractivity contribution is 6.04. The van der Waals surface area contributed by atoms with Gasteiger partial charge in [-0.15, -0.1) is 0 Å². The zero-order valence-corrected chi connectivity index (χ0v) is 17.6. The van der Waals surface area contributed by atoms with Gasteiger partial charge in [0.15, 0.2) is 0 Å². The number of benzene rings is 1. The number of nitrogens with zero attached hydrogens (tertiary/aromatic N) is 1. The predicted octanol–water partition coefficient (Wildman–Crippen LogP) is 3.44. The molecule has 2 fully saturated rings. The van der Waals surface area contributed by atoms with Crippen LogP contribution in [0.1, 0.15) is 62.7 Å². The van der Waals surface area contributed by atoms with Gasteiger partial charge in [-0.3, -0.25) is 14.4 Å². The van der Waals surface area contributed by atoms with Crippen molar-refractivity contribution in [2.45, 2.75) is 52.4 Å². The maximum absolute atomic E-state index is 13.1. The third-order valence-electron chi connectivity index (χ3n) is 5.98. The SMILES string of the molecule is CC1CC(C)CN(C(=O)c2ccccc2NC(=O)CNC(=O)CC2CCCC2)C1. The van der Waals surface area contributed by atoms with Crippen molar-refractivity contribution in [3.05, 3.63) is 29.8 Å². The van der Waals surface area contributed by atoms with Crippen LogP contribution >= 0.6 is 0 Å². The van der Waals surface area contributed by atoms with Crippen molar-refractivity contribution in [1.29, 1.82) is 0 Å². The average Bonchev–Trinajstić information content (AvgIpc) is 3.18. The first-order valence-corrected chi connectivity index (χ1v) is 10.9. The Balaban J connectivity index is 1.56. The summed E-state index contributed by atoms with van der Waals surface area (Å²) in [6.07, 6.45) is 6.21. The first-order chi connectivity index (χ1) is 13.9. The number of amides is 3. The summed E-state index contributed by atoms with van der Waals surface area (Å²) in [6, 6.07) is 7.10. The van der Waals surface area contributed by atoms with Crippen LogP contribution in [0, 0.1) is 17.8 Å². The van der Waals surface area contributed by atoms with Crippen LogP contribution in [0.5, 0.6) is 0 Å². The first-order valence-electron chi connectivity index (χ1n) is 10.9. The van der Waals surface area contributed by atoms with Gasteiger partial charge in [0.1, 0.15) is 0 Å². The van der Waals surface area contributed by atoms with Gasteiger partial charge in [0.2, 0.25) is 11.8 Å². The molecule has 1 aromatic rings. The normalized spacial score (nSPS) is 22.3. The first kappa shape index (κ1) is 21.3. The molecule has 1 heterocycles. The van der Waals surface area contributed by atoms with Gasteiger partial charge in [-0.1, -0.05) is 38.8 Å². The quantitative estimate of drug-likeness (QED) is 0.769. The molecule has 2 aliphatic rings. The van der Waals surface area contributed by atoms with Crippen molar-refractivity contribution < 1.29 is 14.4 Å². The summed E-state index contributed by atoms with van der Waals surface area (Å²) in [5, 5.41) is 5.51. The third kappa shape index (κ3) is 6.05. The van der Waals surface area contributed by atoms with E-state index in [4.69, 9.17) is 0 Å². The van der Waals surface area contributed by atoms with Crippen molar-refractivity contribution in [3.8, 4) is 0 Å². The van der Waals surface area contributed by atoms with Crippen LogP contribution in [-0.4, -0.2) is 42.3 Å². The van der Waals surface area contributed by atoms with Crippen LogP contribution in [0.2, 0.25) is 0 Å². The minimum absolute atomic E-state index is 0.0513. The smallest absolute Gasteiger partial charge is 0.255 e. The van der Waals surface area contributed by atoms with E-state index in [0.717, 1.165) is 32.4 Å². The summed E-state index contributed by atoms with van der Waals surface area (Å²) >= 11 is 0. The van der Waals surface area contributed by atoms with Gasteiger partial charge in [0.05, 0.1) is 17.8 Å². The molecular formula is C23H33N3O3. The molecule has 1 aliphatic carbocycles. The molecule has 1 aliphatic heterocycles. The van der Waals surface area contributed by atoms with Crippen molar-refractivity contribution in [2.75, 3.05) is 25.0 Å². The highest BCUT2D eigenvalue weighted by Gasteiger charge is 2.27. The lowest BCUT2D eigenvalue weighted by Crippen LogP contribution is -2.43. The zero-order chi connectivity index (χ0) is 20.8. The van der Waals surface area contributed by atoms with E-state index in [2.05, 4.69) is 24.5 Å². The Bertz CT molecular complexity index is 733. The number of carbonyl (C=O) groups is 3. The number of likely N-dealkylation sites (tertiary alicyclic amines) is 1. The molecular weight excluding hydrogens is 366 g/mol. The van der Waals surface area contributed by atoms with E-state index in [1.165, 1.54) is 12.8 Å². The number of piperidine rings is 1. The zero-order valence-electron chi connectivity index (χ0n) is 17.6. The molecule has 1 saturated carbocycles. The van der Waals surface area contributed by atoms with Gasteiger partial charge >= 0.3 is 0 Å². The third-order valence-corrected chi connectivity index (χ3v) is 5.98. The number of nitrogens with one attached hydrogen (secondary N) is 2. The highest BCUT2D eigenvalue weighted by Crippen LogP contribution is 2.27. The second-order valence-corrected chi connectivity index (χ2v) is 8.88. The van der Waals surface area contributed by atoms with Gasteiger partial charge in [-0.2, -0.15) is 0 Å². The van der Waals surface area contributed by atoms with E-state index in [1.807, 2.05) is 11.0 Å². The molecule has 3 amide bonds. The van der Waals surface area contributed by atoms with Crippen LogP contribution in [0.15, 0.2) is 24.3 Å². The van der Waals surface area contributed by atoms with Crippen molar-refractivity contribution >= 4 is 23.4 Å². The molecule has 6 heteroatoms. The minimum atomic E-state index is -0.314. The summed E-state index contributed by atoms with van der Waals surface area (Å²) in [6.45, 7) is 5.73. The molecule has 0 bridgehead atoms. The fourth-order valence-corrected chi connectivity index (χ4v) is 4.70. The second-order valence-electron chi connectivity index (χ2n) is 8.88. The maximum atomic E-state index is 13.1. The van der Waals surface area contributed by atoms with Crippen LogP contribution in [0.3, 0.4) is 0 Å². The molecule has 0 aromatic heterocycles. The number of hydrogen-bond acceptors (Lipinski definition) is 3. The van der Waals surface area contributed by atoms with Crippen LogP contribution in [0.25, 0.3) is 0 Å². The molecule has 3 rings (SSSR count). The number of para-hydroxylation sites is 1. The fourth-order valence-electron chi connectivity index (χ4n) is 4.70. The molecule has 1 aromatic carbocycles. The number of rotatable bonds is 6. The van der Waals surface area contributed by atoms with Crippen molar-refractivity contribution in [2.24, 2.45) is 17.8 Å². The fraction of sp³-hybridized carbons (Fsp3) is 0.609. The van der Waals surface area contributed by atoms with Gasteiger partial charge in [-0.25, -0.2) is 0 Å². The molecule has 6 nitrogen and oxygen atoms in total. The van der Waals surface area contributed by atoms with Crippen molar-refractivity contribution in [3.63, 3.8) is 0 Å². The molecule has 2 N–H and O–H groups in total. The largest absolute Gasteiger partial charge is 0.347 e. The Morgan fingerprint density at radius 3 is 2.34 bits per heavy atom. The molecule has 2 unspecified atom stereocenters. The predicted molar refractivity (Wildman–Crippen MR) is 114 cm³/mol. The summed E-state index contributed by atoms with van der Waals surface area (Å²) in [4.78, 5) is 39.3. The Morgan fingerprint density at radius 1 is 1.00 bits per heavy atom.